The Labute approximate surface area is 270 Å². The Kier molecular flexibility index (Phi) is 18.4. The molecule has 0 amide bonds. The van der Waals surface area contributed by atoms with Gasteiger partial charge in [-0.25, -0.2) is 14.4 Å². The fraction of sp³-hybridized carbons (Fsp3) is 0.611. The van der Waals surface area contributed by atoms with E-state index in [1.807, 2.05) is 54.5 Å². The molecule has 1 aromatic carbocycles. The molecule has 8 nitrogen and oxygen atoms in total. The molecule has 0 spiro atoms. The first kappa shape index (κ1) is 39.9. The zero-order chi connectivity index (χ0) is 34.1. The second-order valence-electron chi connectivity index (χ2n) is 11.3. The van der Waals surface area contributed by atoms with Crippen molar-refractivity contribution in [1.29, 1.82) is 0 Å². The largest absolute Gasteiger partial charge is 0.462 e. The monoisotopic (exact) mass is 630 g/mol. The molecular weight excluding hydrogens is 575 g/mol. The van der Waals surface area contributed by atoms with E-state index < -0.39 is 18.5 Å². The highest BCUT2D eigenvalue weighted by molar-refractivity contribution is 5.75. The van der Waals surface area contributed by atoms with Crippen LogP contribution in [0.4, 0.5) is 4.39 Å². The van der Waals surface area contributed by atoms with Gasteiger partial charge in [-0.15, -0.1) is 0 Å². The summed E-state index contributed by atoms with van der Waals surface area (Å²) >= 11 is 0. The van der Waals surface area contributed by atoms with Crippen molar-refractivity contribution in [3.05, 3.63) is 53.2 Å². The number of carbonyl (C=O) groups is 2. The van der Waals surface area contributed by atoms with E-state index in [9.17, 15) is 14.0 Å². The van der Waals surface area contributed by atoms with Gasteiger partial charge in [-0.3, -0.25) is 9.59 Å². The maximum absolute atomic E-state index is 13.7. The lowest BCUT2D eigenvalue weighted by molar-refractivity contribution is -0.198. The molecule has 1 saturated heterocycles. The van der Waals surface area contributed by atoms with Crippen LogP contribution >= 0.6 is 0 Å². The van der Waals surface area contributed by atoms with Gasteiger partial charge in [-0.2, -0.15) is 0 Å². The third-order valence-corrected chi connectivity index (χ3v) is 6.57. The average molecular weight is 631 g/mol. The van der Waals surface area contributed by atoms with Crippen LogP contribution in [0.2, 0.25) is 0 Å². The number of rotatable bonds is 12. The minimum absolute atomic E-state index is 0.0626. The molecule has 252 valence electrons. The SMILES string of the molecule is CC.CC.Cc1nc(-c2ccc(F)cc2)c(/C=C/[C@H](C[C@H](CC2OCCCO2)OC(=O)C(C)C)OC(=O)C(C)C)c(C(C)C)n1. The van der Waals surface area contributed by atoms with E-state index >= 15 is 0 Å². The molecule has 3 rings (SSSR count). The van der Waals surface area contributed by atoms with Crippen molar-refractivity contribution in [1.82, 2.24) is 9.97 Å². The van der Waals surface area contributed by atoms with E-state index in [4.69, 9.17) is 23.9 Å². The Morgan fingerprint density at radius 3 is 2.00 bits per heavy atom. The maximum Gasteiger partial charge on any atom is 0.308 e. The predicted molar refractivity (Wildman–Crippen MR) is 177 cm³/mol. The highest BCUT2D eigenvalue weighted by atomic mass is 19.1. The van der Waals surface area contributed by atoms with E-state index in [1.54, 1.807) is 45.9 Å². The van der Waals surface area contributed by atoms with Gasteiger partial charge in [0.1, 0.15) is 23.8 Å². The Hall–Kier alpha value is -3.17. The van der Waals surface area contributed by atoms with Gasteiger partial charge in [0.15, 0.2) is 6.29 Å². The fourth-order valence-corrected chi connectivity index (χ4v) is 4.33. The highest BCUT2D eigenvalue weighted by Crippen LogP contribution is 2.30. The first-order valence-electron chi connectivity index (χ1n) is 16.4. The quantitative estimate of drug-likeness (QED) is 0.216. The van der Waals surface area contributed by atoms with Crippen molar-refractivity contribution in [2.75, 3.05) is 13.2 Å². The molecule has 1 aromatic heterocycles. The Morgan fingerprint density at radius 2 is 1.47 bits per heavy atom. The molecule has 1 aliphatic heterocycles. The van der Waals surface area contributed by atoms with E-state index in [0.29, 0.717) is 31.2 Å². The zero-order valence-electron chi connectivity index (χ0n) is 29.2. The van der Waals surface area contributed by atoms with Gasteiger partial charge in [0, 0.05) is 24.0 Å². The molecule has 0 bridgehead atoms. The van der Waals surface area contributed by atoms with E-state index in [2.05, 4.69) is 4.98 Å². The summed E-state index contributed by atoms with van der Waals surface area (Å²) in [7, 11) is 0. The van der Waals surface area contributed by atoms with Crippen molar-refractivity contribution in [3.63, 3.8) is 0 Å². The Bertz CT molecular complexity index is 1190. The van der Waals surface area contributed by atoms with Crippen LogP contribution in [0.15, 0.2) is 30.3 Å². The van der Waals surface area contributed by atoms with E-state index in [0.717, 1.165) is 23.2 Å². The van der Waals surface area contributed by atoms with Crippen LogP contribution in [-0.4, -0.2) is 53.6 Å². The summed E-state index contributed by atoms with van der Waals surface area (Å²) in [5.74, 6) is -1.08. The van der Waals surface area contributed by atoms with Crippen molar-refractivity contribution in [3.8, 4) is 11.3 Å². The molecule has 0 N–H and O–H groups in total. The molecule has 1 fully saturated rings. The first-order chi connectivity index (χ1) is 21.4. The summed E-state index contributed by atoms with van der Waals surface area (Å²) in [6, 6.07) is 6.15. The maximum atomic E-state index is 13.7. The Morgan fingerprint density at radius 1 is 0.911 bits per heavy atom. The van der Waals surface area contributed by atoms with Crippen LogP contribution in [0.25, 0.3) is 17.3 Å². The molecule has 0 unspecified atom stereocenters. The average Bonchev–Trinajstić information content (AvgIpc) is 3.02. The van der Waals surface area contributed by atoms with Crippen LogP contribution in [-0.2, 0) is 28.5 Å². The third-order valence-electron chi connectivity index (χ3n) is 6.57. The molecule has 9 heteroatoms. The number of halogens is 1. The molecular formula is C36H55FN2O6. The second-order valence-corrected chi connectivity index (χ2v) is 11.3. The number of carbonyl (C=O) groups excluding carboxylic acids is 2. The smallest absolute Gasteiger partial charge is 0.308 e. The minimum atomic E-state index is -0.721. The summed E-state index contributed by atoms with van der Waals surface area (Å²) in [4.78, 5) is 34.7. The summed E-state index contributed by atoms with van der Waals surface area (Å²) in [5, 5.41) is 0. The van der Waals surface area contributed by atoms with Gasteiger partial charge in [-0.05, 0) is 49.6 Å². The van der Waals surface area contributed by atoms with Crippen molar-refractivity contribution >= 4 is 18.0 Å². The lowest BCUT2D eigenvalue weighted by atomic mass is 9.97. The number of aryl methyl sites for hydroxylation is 1. The van der Waals surface area contributed by atoms with Crippen molar-refractivity contribution < 1.29 is 32.9 Å². The number of aromatic nitrogens is 2. The van der Waals surface area contributed by atoms with Crippen LogP contribution in [0.5, 0.6) is 0 Å². The van der Waals surface area contributed by atoms with Crippen LogP contribution in [0, 0.1) is 24.6 Å². The fourth-order valence-electron chi connectivity index (χ4n) is 4.33. The predicted octanol–water partition coefficient (Wildman–Crippen LogP) is 8.46. The van der Waals surface area contributed by atoms with Crippen LogP contribution in [0.1, 0.15) is 111 Å². The zero-order valence-corrected chi connectivity index (χ0v) is 29.2. The second kappa shape index (κ2) is 20.8. The van der Waals surface area contributed by atoms with E-state index in [-0.39, 0.29) is 41.9 Å². The molecule has 2 atom stereocenters. The van der Waals surface area contributed by atoms with E-state index in [1.165, 1.54) is 12.1 Å². The van der Waals surface area contributed by atoms with Gasteiger partial charge in [-0.1, -0.05) is 75.3 Å². The van der Waals surface area contributed by atoms with Gasteiger partial charge in [0.2, 0.25) is 0 Å². The lowest BCUT2D eigenvalue weighted by Gasteiger charge is -2.29. The summed E-state index contributed by atoms with van der Waals surface area (Å²) in [6.45, 7) is 22.1. The summed E-state index contributed by atoms with van der Waals surface area (Å²) in [6.07, 6.45) is 3.12. The molecule has 0 aliphatic carbocycles. The van der Waals surface area contributed by atoms with Gasteiger partial charge < -0.3 is 18.9 Å². The number of ether oxygens (including phenoxy) is 4. The topological polar surface area (TPSA) is 96.8 Å². The van der Waals surface area contributed by atoms with Crippen molar-refractivity contribution in [2.24, 2.45) is 11.8 Å². The number of nitrogens with zero attached hydrogens (tertiary/aromatic N) is 2. The highest BCUT2D eigenvalue weighted by Gasteiger charge is 2.28. The number of hydrogen-bond donors (Lipinski definition) is 0. The molecule has 1 aliphatic rings. The normalized spacial score (nSPS) is 14.8. The van der Waals surface area contributed by atoms with Gasteiger partial charge in [0.25, 0.3) is 0 Å². The third kappa shape index (κ3) is 13.4. The van der Waals surface area contributed by atoms with Crippen LogP contribution < -0.4 is 0 Å². The summed E-state index contributed by atoms with van der Waals surface area (Å²) < 4.78 is 36.9. The molecule has 2 heterocycles. The summed E-state index contributed by atoms with van der Waals surface area (Å²) in [5.41, 5.74) is 2.95. The number of esters is 2. The molecule has 0 radical (unpaired) electrons. The van der Waals surface area contributed by atoms with Gasteiger partial charge >= 0.3 is 11.9 Å². The molecule has 0 saturated carbocycles. The molecule has 45 heavy (non-hydrogen) atoms. The lowest BCUT2D eigenvalue weighted by Crippen LogP contribution is -2.34. The first-order valence-corrected chi connectivity index (χ1v) is 16.4. The minimum Gasteiger partial charge on any atom is -0.462 e. The Balaban J connectivity index is 0.00000243. The van der Waals surface area contributed by atoms with Crippen LogP contribution in [0.3, 0.4) is 0 Å². The van der Waals surface area contributed by atoms with Gasteiger partial charge in [0.05, 0.1) is 36.4 Å². The number of benzene rings is 1. The number of hydrogen-bond acceptors (Lipinski definition) is 8. The van der Waals surface area contributed by atoms with Crippen molar-refractivity contribution in [2.45, 2.75) is 120 Å². The molecule has 2 aromatic rings. The standard InChI is InChI=1S/C32H43FN2O6.2C2H6/c1-19(2)29-27(30(35-22(7)34-29)23-9-11-24(33)12-10-23)14-13-25(40-31(36)20(3)4)17-26(41-32(37)21(5)6)18-28-38-15-8-16-39-28;2*1-2/h9-14,19-21,25-26,28H,8,15-18H2,1-7H3;2*1-2H3/b14-13+;;/t25-,26-;;/m1../s1.